The minimum atomic E-state index is -0.660. The Balaban J connectivity index is 0.000000194. The number of thioether (sulfide) groups is 1. The van der Waals surface area contributed by atoms with Gasteiger partial charge in [0, 0.05) is 16.7 Å². The molecule has 2 aromatic rings. The Morgan fingerprint density at radius 3 is 2.19 bits per heavy atom. The highest BCUT2D eigenvalue weighted by atomic mass is 35.5. The quantitative estimate of drug-likeness (QED) is 0.491. The molecular weight excluding hydrogens is 376 g/mol. The maximum atomic E-state index is 10.3. The zero-order chi connectivity index (χ0) is 19.3. The zero-order valence-corrected chi connectivity index (χ0v) is 17.4. The fraction of sp³-hybridized carbons (Fsp3) is 0.435. The predicted octanol–water partition coefficient (Wildman–Crippen LogP) is 7.31. The van der Waals surface area contributed by atoms with Crippen LogP contribution in [-0.4, -0.2) is 22.1 Å². The molecule has 0 radical (unpaired) electrons. The van der Waals surface area contributed by atoms with Crippen molar-refractivity contribution in [3.63, 3.8) is 0 Å². The van der Waals surface area contributed by atoms with Gasteiger partial charge in [0.05, 0.1) is 0 Å². The molecule has 0 aromatic heterocycles. The molecule has 1 N–H and O–H groups in total. The van der Waals surface area contributed by atoms with E-state index in [9.17, 15) is 4.79 Å². The Morgan fingerprint density at radius 2 is 1.56 bits per heavy atom. The molecule has 27 heavy (non-hydrogen) atoms. The van der Waals surface area contributed by atoms with Crippen molar-refractivity contribution in [2.24, 2.45) is 0 Å². The number of unbranched alkanes of at least 4 members (excludes halogenated alkanes) is 1. The Kier molecular flexibility index (Phi) is 10.4. The van der Waals surface area contributed by atoms with E-state index in [0.29, 0.717) is 6.42 Å². The minimum absolute atomic E-state index is 0.339. The number of rotatable bonds is 7. The summed E-state index contributed by atoms with van der Waals surface area (Å²) < 4.78 is 0. The van der Waals surface area contributed by atoms with Gasteiger partial charge in [0.15, 0.2) is 0 Å². The molecule has 0 atom stereocenters. The van der Waals surface area contributed by atoms with E-state index in [1.54, 1.807) is 0 Å². The van der Waals surface area contributed by atoms with Crippen LogP contribution >= 0.6 is 23.4 Å². The SMILES string of the molecule is Clc1ccc(-c2ccccc2)cc1.O=C(O)CCCCSC1CCCCC1. The van der Waals surface area contributed by atoms with Gasteiger partial charge in [-0.1, -0.05) is 73.3 Å². The second-order valence-corrected chi connectivity index (χ2v) is 8.70. The molecule has 1 aliphatic carbocycles. The van der Waals surface area contributed by atoms with Gasteiger partial charge in [-0.05, 0) is 54.7 Å². The molecule has 1 fully saturated rings. The van der Waals surface area contributed by atoms with Crippen LogP contribution in [0.15, 0.2) is 54.6 Å². The van der Waals surface area contributed by atoms with Crippen LogP contribution in [0.25, 0.3) is 11.1 Å². The maximum absolute atomic E-state index is 10.3. The number of carbonyl (C=O) groups is 1. The van der Waals surface area contributed by atoms with Crippen LogP contribution in [0.4, 0.5) is 0 Å². The average Bonchev–Trinajstić information content (AvgIpc) is 2.70. The summed E-state index contributed by atoms with van der Waals surface area (Å²) >= 11 is 7.86. The molecular formula is C23H29ClO2S. The van der Waals surface area contributed by atoms with E-state index in [1.165, 1.54) is 43.2 Å². The number of hydrogen-bond donors (Lipinski definition) is 1. The highest BCUT2D eigenvalue weighted by Crippen LogP contribution is 2.28. The van der Waals surface area contributed by atoms with Crippen LogP contribution in [-0.2, 0) is 4.79 Å². The van der Waals surface area contributed by atoms with Crippen LogP contribution in [0.3, 0.4) is 0 Å². The number of benzene rings is 2. The van der Waals surface area contributed by atoms with E-state index in [4.69, 9.17) is 16.7 Å². The average molecular weight is 405 g/mol. The third-order valence-corrected chi connectivity index (χ3v) is 6.36. The summed E-state index contributed by atoms with van der Waals surface area (Å²) in [4.78, 5) is 10.3. The van der Waals surface area contributed by atoms with E-state index in [0.717, 1.165) is 28.9 Å². The molecule has 0 spiro atoms. The molecule has 3 rings (SSSR count). The van der Waals surface area contributed by atoms with Crippen molar-refractivity contribution in [2.45, 2.75) is 56.6 Å². The van der Waals surface area contributed by atoms with Crippen molar-refractivity contribution >= 4 is 29.3 Å². The lowest BCUT2D eigenvalue weighted by atomic mass is 10.0. The van der Waals surface area contributed by atoms with Gasteiger partial charge in [0.25, 0.3) is 0 Å². The predicted molar refractivity (Wildman–Crippen MR) is 118 cm³/mol. The van der Waals surface area contributed by atoms with Gasteiger partial charge >= 0.3 is 5.97 Å². The highest BCUT2D eigenvalue weighted by molar-refractivity contribution is 7.99. The van der Waals surface area contributed by atoms with E-state index in [-0.39, 0.29) is 0 Å². The first kappa shape index (κ1) is 21.8. The van der Waals surface area contributed by atoms with Crippen molar-refractivity contribution in [2.75, 3.05) is 5.75 Å². The molecule has 0 aliphatic heterocycles. The zero-order valence-electron chi connectivity index (χ0n) is 15.8. The van der Waals surface area contributed by atoms with Crippen molar-refractivity contribution in [3.8, 4) is 11.1 Å². The van der Waals surface area contributed by atoms with Gasteiger partial charge in [0.2, 0.25) is 0 Å². The van der Waals surface area contributed by atoms with Crippen molar-refractivity contribution in [1.29, 1.82) is 0 Å². The number of halogens is 1. The molecule has 0 amide bonds. The van der Waals surface area contributed by atoms with Crippen LogP contribution < -0.4 is 0 Å². The summed E-state index contributed by atoms with van der Waals surface area (Å²) in [5.74, 6) is 0.491. The normalized spacial score (nSPS) is 14.3. The van der Waals surface area contributed by atoms with Gasteiger partial charge in [-0.3, -0.25) is 4.79 Å². The molecule has 1 saturated carbocycles. The number of carboxylic acid groups (broad SMARTS) is 1. The van der Waals surface area contributed by atoms with Crippen LogP contribution in [0, 0.1) is 0 Å². The van der Waals surface area contributed by atoms with E-state index >= 15 is 0 Å². The molecule has 4 heteroatoms. The number of hydrogen-bond acceptors (Lipinski definition) is 2. The summed E-state index contributed by atoms with van der Waals surface area (Å²) in [5.41, 5.74) is 2.42. The second-order valence-electron chi connectivity index (χ2n) is 6.85. The molecule has 1 aliphatic rings. The monoisotopic (exact) mass is 404 g/mol. The first-order valence-electron chi connectivity index (χ1n) is 9.79. The lowest BCUT2D eigenvalue weighted by Crippen LogP contribution is -2.08. The molecule has 0 saturated heterocycles. The van der Waals surface area contributed by atoms with Gasteiger partial charge in [-0.15, -0.1) is 0 Å². The van der Waals surface area contributed by atoms with E-state index in [1.807, 2.05) is 42.5 Å². The fourth-order valence-corrected chi connectivity index (χ4v) is 4.63. The summed E-state index contributed by atoms with van der Waals surface area (Å²) in [7, 11) is 0. The molecule has 2 nitrogen and oxygen atoms in total. The first-order valence-corrected chi connectivity index (χ1v) is 11.2. The Hall–Kier alpha value is -1.45. The lowest BCUT2D eigenvalue weighted by molar-refractivity contribution is -0.137. The van der Waals surface area contributed by atoms with Gasteiger partial charge < -0.3 is 5.11 Å². The molecule has 0 heterocycles. The fourth-order valence-electron chi connectivity index (χ4n) is 3.13. The summed E-state index contributed by atoms with van der Waals surface area (Å²) in [6.45, 7) is 0. The van der Waals surface area contributed by atoms with Crippen LogP contribution in [0.2, 0.25) is 5.02 Å². The van der Waals surface area contributed by atoms with Gasteiger partial charge in [-0.25, -0.2) is 0 Å². The molecule has 146 valence electrons. The summed E-state index contributed by atoms with van der Waals surface area (Å²) in [5, 5.41) is 10.1. The Labute approximate surface area is 172 Å². The number of aliphatic carboxylic acids is 1. The minimum Gasteiger partial charge on any atom is -0.481 e. The van der Waals surface area contributed by atoms with Crippen LogP contribution in [0.1, 0.15) is 51.4 Å². The van der Waals surface area contributed by atoms with Crippen LogP contribution in [0.5, 0.6) is 0 Å². The highest BCUT2D eigenvalue weighted by Gasteiger charge is 2.12. The smallest absolute Gasteiger partial charge is 0.303 e. The van der Waals surface area contributed by atoms with Gasteiger partial charge in [-0.2, -0.15) is 11.8 Å². The maximum Gasteiger partial charge on any atom is 0.303 e. The summed E-state index contributed by atoms with van der Waals surface area (Å²) in [6, 6.07) is 18.1. The van der Waals surface area contributed by atoms with Crippen molar-refractivity contribution in [3.05, 3.63) is 59.6 Å². The molecule has 0 bridgehead atoms. The standard InChI is InChI=1S/C12H9Cl.C11H20O2S/c13-12-8-6-11(7-9-12)10-4-2-1-3-5-10;12-11(13)8-4-5-9-14-10-6-2-1-3-7-10/h1-9H;10H,1-9H2,(H,12,13). The molecule has 2 aromatic carbocycles. The second kappa shape index (κ2) is 12.9. The number of carboxylic acids is 1. The first-order chi connectivity index (χ1) is 13.1. The topological polar surface area (TPSA) is 37.3 Å². The molecule has 0 unspecified atom stereocenters. The third kappa shape index (κ3) is 9.34. The lowest BCUT2D eigenvalue weighted by Gasteiger charge is -2.20. The summed E-state index contributed by atoms with van der Waals surface area (Å²) in [6.07, 6.45) is 9.20. The van der Waals surface area contributed by atoms with Gasteiger partial charge in [0.1, 0.15) is 0 Å². The van der Waals surface area contributed by atoms with E-state index in [2.05, 4.69) is 23.9 Å². The van der Waals surface area contributed by atoms with Crippen molar-refractivity contribution < 1.29 is 9.90 Å². The van der Waals surface area contributed by atoms with Crippen molar-refractivity contribution in [1.82, 2.24) is 0 Å². The Bertz CT molecular complexity index is 652. The third-order valence-electron chi connectivity index (χ3n) is 4.64. The largest absolute Gasteiger partial charge is 0.481 e. The van der Waals surface area contributed by atoms with E-state index < -0.39 is 5.97 Å². The Morgan fingerprint density at radius 1 is 0.926 bits per heavy atom.